The number of hydrogen-bond donors (Lipinski definition) is 4. The standard InChI is InChI=1S/C28H38N4O6/c1-17(2)32(26(36)21(15-22(29)33)31-27(37)38-28(4,5)6)23(20-14-10-11-18(3)24(20)34)25(35)30-16-19-12-8-7-9-13-19/h7-14,17,21,23,34H,15-16H2,1-6H3,(H2,29,33)(H,30,35)(H,31,37). The summed E-state index contributed by atoms with van der Waals surface area (Å²) in [6.45, 7) is 10.2. The van der Waals surface area contributed by atoms with Crippen LogP contribution in [-0.2, 0) is 25.7 Å². The van der Waals surface area contributed by atoms with E-state index in [2.05, 4.69) is 10.6 Å². The first-order valence-electron chi connectivity index (χ1n) is 12.4. The second-order valence-electron chi connectivity index (χ2n) is 10.3. The molecule has 4 amide bonds. The Morgan fingerprint density at radius 2 is 1.66 bits per heavy atom. The van der Waals surface area contributed by atoms with Crippen LogP contribution in [0.5, 0.6) is 5.75 Å². The third-order valence-corrected chi connectivity index (χ3v) is 5.60. The minimum absolute atomic E-state index is 0.141. The van der Waals surface area contributed by atoms with Crippen LogP contribution < -0.4 is 16.4 Å². The maximum atomic E-state index is 13.9. The molecule has 0 aliphatic carbocycles. The third-order valence-electron chi connectivity index (χ3n) is 5.60. The Hall–Kier alpha value is -4.08. The summed E-state index contributed by atoms with van der Waals surface area (Å²) in [6.07, 6.45) is -1.43. The molecule has 0 fully saturated rings. The summed E-state index contributed by atoms with van der Waals surface area (Å²) in [5, 5.41) is 16.1. The minimum Gasteiger partial charge on any atom is -0.507 e. The van der Waals surface area contributed by atoms with Crippen molar-refractivity contribution in [3.63, 3.8) is 0 Å². The Morgan fingerprint density at radius 1 is 1.03 bits per heavy atom. The summed E-state index contributed by atoms with van der Waals surface area (Å²) in [4.78, 5) is 53.1. The number of phenols is 1. The smallest absolute Gasteiger partial charge is 0.408 e. The van der Waals surface area contributed by atoms with E-state index >= 15 is 0 Å². The number of benzene rings is 2. The van der Waals surface area contributed by atoms with Crippen molar-refractivity contribution in [3.05, 3.63) is 65.2 Å². The number of alkyl carbamates (subject to hydrolysis) is 1. The minimum atomic E-state index is -1.40. The van der Waals surface area contributed by atoms with E-state index in [0.29, 0.717) is 5.56 Å². The van der Waals surface area contributed by atoms with Gasteiger partial charge in [0, 0.05) is 18.2 Å². The van der Waals surface area contributed by atoms with Gasteiger partial charge in [-0.15, -0.1) is 0 Å². The lowest BCUT2D eigenvalue weighted by Crippen LogP contribution is -2.55. The van der Waals surface area contributed by atoms with E-state index in [1.54, 1.807) is 59.7 Å². The molecule has 2 unspecified atom stereocenters. The van der Waals surface area contributed by atoms with Crippen LogP contribution in [0.2, 0.25) is 0 Å². The number of para-hydroxylation sites is 1. The lowest BCUT2D eigenvalue weighted by Gasteiger charge is -2.37. The van der Waals surface area contributed by atoms with Crippen LogP contribution in [0.3, 0.4) is 0 Å². The van der Waals surface area contributed by atoms with E-state index < -0.39 is 54.0 Å². The Bertz CT molecular complexity index is 1140. The maximum Gasteiger partial charge on any atom is 0.408 e. The second-order valence-corrected chi connectivity index (χ2v) is 10.3. The molecule has 0 heterocycles. The molecule has 2 atom stereocenters. The molecule has 10 heteroatoms. The molecule has 5 N–H and O–H groups in total. The van der Waals surface area contributed by atoms with Crippen molar-refractivity contribution in [2.45, 2.75) is 78.2 Å². The zero-order valence-corrected chi connectivity index (χ0v) is 22.8. The molecule has 2 rings (SSSR count). The van der Waals surface area contributed by atoms with Gasteiger partial charge in [0.1, 0.15) is 23.4 Å². The number of aryl methyl sites for hydroxylation is 1. The molecule has 0 aromatic heterocycles. The van der Waals surface area contributed by atoms with Crippen molar-refractivity contribution in [1.29, 1.82) is 0 Å². The van der Waals surface area contributed by atoms with Gasteiger partial charge in [0.25, 0.3) is 0 Å². The van der Waals surface area contributed by atoms with Gasteiger partial charge in [-0.2, -0.15) is 0 Å². The van der Waals surface area contributed by atoms with Gasteiger partial charge in [0.05, 0.1) is 6.42 Å². The molecule has 0 saturated carbocycles. The summed E-state index contributed by atoms with van der Waals surface area (Å²) >= 11 is 0. The van der Waals surface area contributed by atoms with E-state index in [4.69, 9.17) is 10.5 Å². The van der Waals surface area contributed by atoms with Crippen molar-refractivity contribution < 1.29 is 29.0 Å². The highest BCUT2D eigenvalue weighted by Crippen LogP contribution is 2.33. The first-order valence-corrected chi connectivity index (χ1v) is 12.4. The number of nitrogens with zero attached hydrogens (tertiary/aromatic N) is 1. The molecule has 206 valence electrons. The lowest BCUT2D eigenvalue weighted by molar-refractivity contribution is -0.145. The van der Waals surface area contributed by atoms with Crippen molar-refractivity contribution in [2.24, 2.45) is 5.73 Å². The largest absolute Gasteiger partial charge is 0.507 e. The molecule has 0 bridgehead atoms. The quantitative estimate of drug-likeness (QED) is 0.374. The number of ether oxygens (including phenoxy) is 1. The van der Waals surface area contributed by atoms with Crippen molar-refractivity contribution >= 4 is 23.8 Å². The van der Waals surface area contributed by atoms with Gasteiger partial charge in [-0.3, -0.25) is 14.4 Å². The number of phenolic OH excluding ortho intramolecular Hbond substituents is 1. The van der Waals surface area contributed by atoms with Crippen LogP contribution in [0, 0.1) is 6.92 Å². The number of nitrogens with one attached hydrogen (secondary N) is 2. The summed E-state index contributed by atoms with van der Waals surface area (Å²) < 4.78 is 5.26. The predicted molar refractivity (Wildman–Crippen MR) is 143 cm³/mol. The number of nitrogens with two attached hydrogens (primary N) is 1. The van der Waals surface area contributed by atoms with Gasteiger partial charge < -0.3 is 31.1 Å². The van der Waals surface area contributed by atoms with E-state index in [9.17, 15) is 24.3 Å². The second kappa shape index (κ2) is 12.9. The maximum absolute atomic E-state index is 13.9. The fraction of sp³-hybridized carbons (Fsp3) is 0.429. The van der Waals surface area contributed by atoms with Crippen molar-refractivity contribution in [1.82, 2.24) is 15.5 Å². The van der Waals surface area contributed by atoms with Crippen LogP contribution in [0.25, 0.3) is 0 Å². The fourth-order valence-corrected chi connectivity index (χ4v) is 3.91. The third kappa shape index (κ3) is 8.50. The zero-order valence-electron chi connectivity index (χ0n) is 22.8. The molecule has 0 saturated heterocycles. The summed E-state index contributed by atoms with van der Waals surface area (Å²) in [7, 11) is 0. The molecule has 2 aromatic rings. The average Bonchev–Trinajstić information content (AvgIpc) is 2.81. The van der Waals surface area contributed by atoms with Crippen molar-refractivity contribution in [3.8, 4) is 5.75 Å². The Balaban J connectivity index is 2.51. The highest BCUT2D eigenvalue weighted by Gasteiger charge is 2.39. The van der Waals surface area contributed by atoms with E-state index in [0.717, 1.165) is 5.56 Å². The number of carbonyl (C=O) groups excluding carboxylic acids is 4. The highest BCUT2D eigenvalue weighted by atomic mass is 16.6. The van der Waals surface area contributed by atoms with E-state index in [-0.39, 0.29) is 17.9 Å². The molecule has 2 aromatic carbocycles. The molecule has 38 heavy (non-hydrogen) atoms. The number of hydrogen-bond acceptors (Lipinski definition) is 6. The summed E-state index contributed by atoms with van der Waals surface area (Å²) in [5.74, 6) is -2.25. The van der Waals surface area contributed by atoms with Gasteiger partial charge in [-0.05, 0) is 52.7 Å². The molecule has 0 aliphatic rings. The number of amides is 4. The van der Waals surface area contributed by atoms with Crippen molar-refractivity contribution in [2.75, 3.05) is 0 Å². The van der Waals surface area contributed by atoms with Gasteiger partial charge in [-0.1, -0.05) is 48.5 Å². The van der Waals surface area contributed by atoms with Crippen LogP contribution in [0.1, 0.15) is 63.8 Å². The lowest BCUT2D eigenvalue weighted by atomic mass is 9.97. The van der Waals surface area contributed by atoms with Gasteiger partial charge >= 0.3 is 6.09 Å². The molecule has 0 aliphatic heterocycles. The normalized spacial score (nSPS) is 12.8. The molecule has 0 radical (unpaired) electrons. The number of aromatic hydroxyl groups is 1. The van der Waals surface area contributed by atoms with Crippen LogP contribution in [0.4, 0.5) is 4.79 Å². The average molecular weight is 527 g/mol. The Labute approximate surface area is 223 Å². The van der Waals surface area contributed by atoms with Gasteiger partial charge in [0.2, 0.25) is 17.7 Å². The number of rotatable bonds is 10. The Morgan fingerprint density at radius 3 is 2.21 bits per heavy atom. The highest BCUT2D eigenvalue weighted by molar-refractivity contribution is 5.95. The molecule has 0 spiro atoms. The first kappa shape index (κ1) is 30.1. The molecular weight excluding hydrogens is 488 g/mol. The topological polar surface area (TPSA) is 151 Å². The van der Waals surface area contributed by atoms with Gasteiger partial charge in [0.15, 0.2) is 0 Å². The summed E-state index contributed by atoms with van der Waals surface area (Å²) in [5.41, 5.74) is 6.10. The first-order chi connectivity index (χ1) is 17.7. The molecule has 10 nitrogen and oxygen atoms in total. The molecular formula is C28H38N4O6. The number of primary amides is 1. The van der Waals surface area contributed by atoms with Crippen LogP contribution in [-0.4, -0.2) is 51.5 Å². The van der Waals surface area contributed by atoms with E-state index in [1.807, 2.05) is 30.3 Å². The van der Waals surface area contributed by atoms with Crippen LogP contribution >= 0.6 is 0 Å². The SMILES string of the molecule is Cc1cccc(C(C(=O)NCc2ccccc2)N(C(=O)C(CC(N)=O)NC(=O)OC(C)(C)C)C(C)C)c1O. The van der Waals surface area contributed by atoms with Gasteiger partial charge in [-0.25, -0.2) is 4.79 Å². The number of carbonyl (C=O) groups is 4. The fourth-order valence-electron chi connectivity index (χ4n) is 3.91. The van der Waals surface area contributed by atoms with Crippen LogP contribution in [0.15, 0.2) is 48.5 Å². The monoisotopic (exact) mass is 526 g/mol. The predicted octanol–water partition coefficient (Wildman–Crippen LogP) is 3.06. The zero-order chi connectivity index (χ0) is 28.6. The van der Waals surface area contributed by atoms with E-state index in [1.165, 1.54) is 4.90 Å². The Kier molecular flexibility index (Phi) is 10.3. The summed E-state index contributed by atoms with van der Waals surface area (Å²) in [6, 6.07) is 10.9.